The summed E-state index contributed by atoms with van der Waals surface area (Å²) >= 11 is 4.05. The minimum Gasteiger partial charge on any atom is -0.212 e. The molecule has 0 aromatic heterocycles. The molecule has 1 heterocycles. The zero-order valence-electron chi connectivity index (χ0n) is 7.23. The van der Waals surface area contributed by atoms with Crippen LogP contribution in [0.4, 0.5) is 0 Å². The second-order valence-corrected chi connectivity index (χ2v) is 5.78. The highest BCUT2D eigenvalue weighted by Gasteiger charge is 2.32. The third-order valence-electron chi connectivity index (χ3n) is 1.97. The largest absolute Gasteiger partial charge is 0.214 e. The fourth-order valence-electron chi connectivity index (χ4n) is 1.46. The molecule has 1 atom stereocenters. The Morgan fingerprint density at radius 1 is 1.58 bits per heavy atom. The average molecular weight is 209 g/mol. The van der Waals surface area contributed by atoms with Crippen molar-refractivity contribution in [3.05, 3.63) is 0 Å². The van der Waals surface area contributed by atoms with Crippen LogP contribution in [0.25, 0.3) is 0 Å². The summed E-state index contributed by atoms with van der Waals surface area (Å²) in [5.41, 5.74) is 0. The van der Waals surface area contributed by atoms with Crippen LogP contribution in [0.5, 0.6) is 0 Å². The third kappa shape index (κ3) is 2.37. The van der Waals surface area contributed by atoms with Crippen molar-refractivity contribution in [1.82, 2.24) is 4.31 Å². The second kappa shape index (κ2) is 3.98. The lowest BCUT2D eigenvalue weighted by atomic mass is 10.2. The van der Waals surface area contributed by atoms with Gasteiger partial charge in [0.15, 0.2) is 0 Å². The van der Waals surface area contributed by atoms with E-state index in [2.05, 4.69) is 12.6 Å². The van der Waals surface area contributed by atoms with Crippen LogP contribution in [0.3, 0.4) is 0 Å². The number of sulfonamides is 1. The minimum absolute atomic E-state index is 0.287. The Labute approximate surface area is 79.6 Å². The molecule has 1 saturated heterocycles. The van der Waals surface area contributed by atoms with Gasteiger partial charge in [-0.25, -0.2) is 12.7 Å². The smallest absolute Gasteiger partial charge is 0.212 e. The van der Waals surface area contributed by atoms with Crippen LogP contribution < -0.4 is 0 Å². The van der Waals surface area contributed by atoms with Gasteiger partial charge in [0.1, 0.15) is 0 Å². The van der Waals surface area contributed by atoms with Gasteiger partial charge in [0.2, 0.25) is 10.0 Å². The van der Waals surface area contributed by atoms with Gasteiger partial charge >= 0.3 is 0 Å². The number of thiol groups is 1. The monoisotopic (exact) mass is 209 g/mol. The van der Waals surface area contributed by atoms with Gasteiger partial charge < -0.3 is 0 Å². The molecule has 0 amide bonds. The number of hydrogen-bond donors (Lipinski definition) is 1. The van der Waals surface area contributed by atoms with Crippen LogP contribution >= 0.6 is 12.6 Å². The molecule has 1 unspecified atom stereocenters. The molecule has 0 spiro atoms. The Morgan fingerprint density at radius 3 is 2.67 bits per heavy atom. The highest BCUT2D eigenvalue weighted by molar-refractivity contribution is 7.89. The molecular formula is C7H15NO2S2. The van der Waals surface area contributed by atoms with E-state index in [1.807, 2.05) is 6.92 Å². The van der Waals surface area contributed by atoms with Crippen LogP contribution in [0.2, 0.25) is 0 Å². The molecule has 0 bridgehead atoms. The first kappa shape index (κ1) is 10.3. The molecule has 0 radical (unpaired) electrons. The van der Waals surface area contributed by atoms with Crippen molar-refractivity contribution in [3.63, 3.8) is 0 Å². The summed E-state index contributed by atoms with van der Waals surface area (Å²) in [5, 5.41) is 0. The van der Waals surface area contributed by atoms with Crippen LogP contribution in [0, 0.1) is 5.92 Å². The third-order valence-corrected chi connectivity index (χ3v) is 4.39. The summed E-state index contributed by atoms with van der Waals surface area (Å²) in [6, 6.07) is 0. The first-order valence-electron chi connectivity index (χ1n) is 4.15. The summed E-state index contributed by atoms with van der Waals surface area (Å²) in [7, 11) is -2.91. The Morgan fingerprint density at radius 2 is 2.25 bits per heavy atom. The molecule has 0 saturated carbocycles. The molecule has 5 heteroatoms. The average Bonchev–Trinajstić information content (AvgIpc) is 2.20. The maximum absolute atomic E-state index is 11.4. The van der Waals surface area contributed by atoms with E-state index in [1.54, 1.807) is 4.31 Å². The predicted molar refractivity (Wildman–Crippen MR) is 53.0 cm³/mol. The molecular weight excluding hydrogens is 194 g/mol. The Hall–Kier alpha value is 0.260. The predicted octanol–water partition coefficient (Wildman–Crippen LogP) is 0.588. The van der Waals surface area contributed by atoms with Gasteiger partial charge in [-0.3, -0.25) is 0 Å². The Balaban J connectivity index is 2.54. The van der Waals surface area contributed by atoms with Gasteiger partial charge in [0.05, 0.1) is 5.75 Å². The Kier molecular flexibility index (Phi) is 3.43. The zero-order chi connectivity index (χ0) is 9.19. The maximum Gasteiger partial charge on any atom is 0.214 e. The normalized spacial score (nSPS) is 29.3. The molecule has 0 aromatic rings. The maximum atomic E-state index is 11.4. The lowest BCUT2D eigenvalue weighted by molar-refractivity contribution is 0.414. The van der Waals surface area contributed by atoms with Crippen molar-refractivity contribution < 1.29 is 8.42 Å². The van der Waals surface area contributed by atoms with Gasteiger partial charge in [-0.1, -0.05) is 6.92 Å². The van der Waals surface area contributed by atoms with Crippen LogP contribution in [-0.2, 0) is 10.0 Å². The minimum atomic E-state index is -2.91. The lowest BCUT2D eigenvalue weighted by Crippen LogP contribution is -2.27. The summed E-state index contributed by atoms with van der Waals surface area (Å²) in [6.45, 7) is 3.30. The number of hydrogen-bond acceptors (Lipinski definition) is 3. The summed E-state index contributed by atoms with van der Waals surface area (Å²) < 4.78 is 24.3. The van der Waals surface area contributed by atoms with Gasteiger partial charge in [0.25, 0.3) is 0 Å². The molecule has 1 aliphatic heterocycles. The van der Waals surface area contributed by atoms with E-state index in [4.69, 9.17) is 0 Å². The summed E-state index contributed by atoms with van der Waals surface area (Å²) in [4.78, 5) is 0. The molecule has 0 aliphatic carbocycles. The van der Waals surface area contributed by atoms with Gasteiger partial charge in [0, 0.05) is 13.1 Å². The van der Waals surface area contributed by atoms with Crippen LogP contribution in [0.15, 0.2) is 0 Å². The quantitative estimate of drug-likeness (QED) is 0.691. The standard InChI is InChI=1S/C7H15NO2S2/c1-7-5-8(3-2-4-11)12(9,10)6-7/h7,11H,2-6H2,1H3. The van der Waals surface area contributed by atoms with E-state index in [0.29, 0.717) is 18.8 Å². The molecule has 1 fully saturated rings. The van der Waals surface area contributed by atoms with E-state index in [1.165, 1.54) is 0 Å². The highest BCUT2D eigenvalue weighted by Crippen LogP contribution is 2.18. The second-order valence-electron chi connectivity index (χ2n) is 3.32. The van der Waals surface area contributed by atoms with Crippen LogP contribution in [0.1, 0.15) is 13.3 Å². The summed E-state index contributed by atoms with van der Waals surface area (Å²) in [5.74, 6) is 1.36. The first-order valence-corrected chi connectivity index (χ1v) is 6.39. The van der Waals surface area contributed by atoms with Crippen molar-refractivity contribution in [2.24, 2.45) is 5.92 Å². The molecule has 1 aliphatic rings. The van der Waals surface area contributed by atoms with Crippen molar-refractivity contribution in [2.45, 2.75) is 13.3 Å². The van der Waals surface area contributed by atoms with Crippen LogP contribution in [-0.4, -0.2) is 37.3 Å². The zero-order valence-corrected chi connectivity index (χ0v) is 8.94. The molecule has 72 valence electrons. The fraction of sp³-hybridized carbons (Fsp3) is 1.00. The highest BCUT2D eigenvalue weighted by atomic mass is 32.2. The van der Waals surface area contributed by atoms with Gasteiger partial charge in [-0.2, -0.15) is 12.6 Å². The van der Waals surface area contributed by atoms with Crippen molar-refractivity contribution in [1.29, 1.82) is 0 Å². The van der Waals surface area contributed by atoms with Crippen molar-refractivity contribution in [3.8, 4) is 0 Å². The van der Waals surface area contributed by atoms with E-state index >= 15 is 0 Å². The van der Waals surface area contributed by atoms with E-state index in [-0.39, 0.29) is 5.92 Å². The number of nitrogens with zero attached hydrogens (tertiary/aromatic N) is 1. The molecule has 12 heavy (non-hydrogen) atoms. The van der Waals surface area contributed by atoms with E-state index in [0.717, 1.165) is 12.2 Å². The first-order chi connectivity index (χ1) is 5.56. The van der Waals surface area contributed by atoms with Crippen molar-refractivity contribution >= 4 is 22.7 Å². The molecule has 0 N–H and O–H groups in total. The topological polar surface area (TPSA) is 37.4 Å². The van der Waals surface area contributed by atoms with Crippen molar-refractivity contribution in [2.75, 3.05) is 24.6 Å². The lowest BCUT2D eigenvalue weighted by Gasteiger charge is -2.12. The van der Waals surface area contributed by atoms with Gasteiger partial charge in [-0.15, -0.1) is 0 Å². The summed E-state index contributed by atoms with van der Waals surface area (Å²) in [6.07, 6.45) is 0.842. The van der Waals surface area contributed by atoms with E-state index in [9.17, 15) is 8.42 Å². The molecule has 0 aromatic carbocycles. The molecule has 3 nitrogen and oxygen atoms in total. The SMILES string of the molecule is CC1CN(CCCS)S(=O)(=O)C1. The fourth-order valence-corrected chi connectivity index (χ4v) is 3.52. The van der Waals surface area contributed by atoms with E-state index < -0.39 is 10.0 Å². The Bertz CT molecular complexity index is 238. The number of rotatable bonds is 3. The van der Waals surface area contributed by atoms with Gasteiger partial charge in [-0.05, 0) is 18.1 Å². The molecule has 1 rings (SSSR count).